The maximum atomic E-state index is 5.20. The van der Waals surface area contributed by atoms with E-state index >= 15 is 0 Å². The molecule has 4 heteroatoms. The highest BCUT2D eigenvalue weighted by Crippen LogP contribution is 2.11. The molecule has 2 rings (SSSR count). The van der Waals surface area contributed by atoms with Crippen LogP contribution in [0.25, 0.3) is 0 Å². The quantitative estimate of drug-likeness (QED) is 0.841. The zero-order valence-electron chi connectivity index (χ0n) is 10.2. The van der Waals surface area contributed by atoms with Gasteiger partial charge in [-0.15, -0.1) is 0 Å². The van der Waals surface area contributed by atoms with E-state index in [9.17, 15) is 0 Å². The van der Waals surface area contributed by atoms with E-state index in [0.29, 0.717) is 6.04 Å². The summed E-state index contributed by atoms with van der Waals surface area (Å²) in [5.74, 6) is 0.934. The molecule has 0 aromatic carbocycles. The Morgan fingerprint density at radius 1 is 1.56 bits per heavy atom. The van der Waals surface area contributed by atoms with Gasteiger partial charge in [0.05, 0.1) is 5.69 Å². The van der Waals surface area contributed by atoms with Gasteiger partial charge in [-0.3, -0.25) is 4.90 Å². The number of hydrogen-bond acceptors (Lipinski definition) is 4. The van der Waals surface area contributed by atoms with E-state index < -0.39 is 0 Å². The van der Waals surface area contributed by atoms with E-state index in [1.54, 1.807) is 0 Å². The SMILES string of the molecule is Cc1ocnc1CN(C)CC1CCCCN1. The van der Waals surface area contributed by atoms with Crippen molar-refractivity contribution in [1.82, 2.24) is 15.2 Å². The summed E-state index contributed by atoms with van der Waals surface area (Å²) in [5.41, 5.74) is 1.05. The van der Waals surface area contributed by atoms with Crippen molar-refractivity contribution in [3.63, 3.8) is 0 Å². The zero-order chi connectivity index (χ0) is 11.4. The number of oxazole rings is 1. The Kier molecular flexibility index (Phi) is 3.96. The van der Waals surface area contributed by atoms with Gasteiger partial charge in [0.1, 0.15) is 5.76 Å². The van der Waals surface area contributed by atoms with Crippen LogP contribution in [0.3, 0.4) is 0 Å². The number of nitrogens with one attached hydrogen (secondary N) is 1. The lowest BCUT2D eigenvalue weighted by molar-refractivity contribution is 0.253. The highest BCUT2D eigenvalue weighted by Gasteiger charge is 2.15. The molecule has 1 aliphatic heterocycles. The van der Waals surface area contributed by atoms with E-state index in [4.69, 9.17) is 4.42 Å². The first-order chi connectivity index (χ1) is 7.75. The maximum Gasteiger partial charge on any atom is 0.181 e. The van der Waals surface area contributed by atoms with Gasteiger partial charge in [0.25, 0.3) is 0 Å². The molecule has 1 aliphatic rings. The number of hydrogen-bond donors (Lipinski definition) is 1. The monoisotopic (exact) mass is 223 g/mol. The molecular weight excluding hydrogens is 202 g/mol. The summed E-state index contributed by atoms with van der Waals surface area (Å²) in [7, 11) is 2.14. The van der Waals surface area contributed by atoms with Crippen molar-refractivity contribution in [3.05, 3.63) is 17.8 Å². The van der Waals surface area contributed by atoms with Crippen LogP contribution in [0.1, 0.15) is 30.7 Å². The minimum absolute atomic E-state index is 0.644. The van der Waals surface area contributed by atoms with Crippen LogP contribution in [0.4, 0.5) is 0 Å². The fraction of sp³-hybridized carbons (Fsp3) is 0.750. The number of piperidine rings is 1. The molecule has 2 heterocycles. The Hall–Kier alpha value is -0.870. The van der Waals surface area contributed by atoms with Crippen molar-refractivity contribution < 1.29 is 4.42 Å². The van der Waals surface area contributed by atoms with Gasteiger partial charge < -0.3 is 9.73 Å². The molecule has 0 amide bonds. The lowest BCUT2D eigenvalue weighted by atomic mass is 10.0. The lowest BCUT2D eigenvalue weighted by Crippen LogP contribution is -2.42. The highest BCUT2D eigenvalue weighted by atomic mass is 16.3. The van der Waals surface area contributed by atoms with Gasteiger partial charge in [0.15, 0.2) is 6.39 Å². The van der Waals surface area contributed by atoms with Crippen LogP contribution < -0.4 is 5.32 Å². The van der Waals surface area contributed by atoms with Crippen molar-refractivity contribution in [1.29, 1.82) is 0 Å². The standard InChI is InChI=1S/C12H21N3O/c1-10-12(14-9-16-10)8-15(2)7-11-5-3-4-6-13-11/h9,11,13H,3-8H2,1-2H3. The average molecular weight is 223 g/mol. The van der Waals surface area contributed by atoms with E-state index in [1.807, 2.05) is 6.92 Å². The fourth-order valence-corrected chi connectivity index (χ4v) is 2.26. The molecule has 1 atom stereocenters. The van der Waals surface area contributed by atoms with E-state index in [-0.39, 0.29) is 0 Å². The van der Waals surface area contributed by atoms with Gasteiger partial charge in [0.2, 0.25) is 0 Å². The van der Waals surface area contributed by atoms with E-state index in [0.717, 1.165) is 24.5 Å². The molecule has 4 nitrogen and oxygen atoms in total. The van der Waals surface area contributed by atoms with Crippen LogP contribution in [0.2, 0.25) is 0 Å². The summed E-state index contributed by atoms with van der Waals surface area (Å²) in [6.07, 6.45) is 5.50. The van der Waals surface area contributed by atoms with Gasteiger partial charge in [-0.25, -0.2) is 4.98 Å². The van der Waals surface area contributed by atoms with Crippen molar-refractivity contribution in [2.24, 2.45) is 0 Å². The molecule has 1 unspecified atom stereocenters. The molecule has 90 valence electrons. The van der Waals surface area contributed by atoms with Crippen LogP contribution in [-0.4, -0.2) is 36.1 Å². The minimum atomic E-state index is 0.644. The van der Waals surface area contributed by atoms with Crippen molar-refractivity contribution >= 4 is 0 Å². The smallest absolute Gasteiger partial charge is 0.181 e. The number of aromatic nitrogens is 1. The third-order valence-electron chi connectivity index (χ3n) is 3.21. The summed E-state index contributed by atoms with van der Waals surface area (Å²) in [5, 5.41) is 3.56. The van der Waals surface area contributed by atoms with Gasteiger partial charge in [0, 0.05) is 19.1 Å². The number of rotatable bonds is 4. The normalized spacial score (nSPS) is 21.6. The summed E-state index contributed by atoms with van der Waals surface area (Å²) in [6, 6.07) is 0.644. The zero-order valence-corrected chi connectivity index (χ0v) is 10.2. The molecule has 0 spiro atoms. The number of likely N-dealkylation sites (N-methyl/N-ethyl adjacent to an activating group) is 1. The summed E-state index contributed by atoms with van der Waals surface area (Å²) in [4.78, 5) is 6.53. The predicted octanol–water partition coefficient (Wildman–Crippen LogP) is 1.56. The third-order valence-corrected chi connectivity index (χ3v) is 3.21. The van der Waals surface area contributed by atoms with Gasteiger partial charge in [-0.05, 0) is 33.4 Å². The van der Waals surface area contributed by atoms with Crippen LogP contribution >= 0.6 is 0 Å². The molecule has 1 fully saturated rings. The second-order valence-electron chi connectivity index (χ2n) is 4.70. The Balaban J connectivity index is 1.79. The molecule has 0 radical (unpaired) electrons. The molecule has 1 N–H and O–H groups in total. The van der Waals surface area contributed by atoms with Crippen LogP contribution in [-0.2, 0) is 6.54 Å². The summed E-state index contributed by atoms with van der Waals surface area (Å²) < 4.78 is 5.20. The second-order valence-corrected chi connectivity index (χ2v) is 4.70. The van der Waals surface area contributed by atoms with Gasteiger partial charge >= 0.3 is 0 Å². The number of nitrogens with zero attached hydrogens (tertiary/aromatic N) is 2. The van der Waals surface area contributed by atoms with Crippen molar-refractivity contribution in [2.45, 2.75) is 38.8 Å². The fourth-order valence-electron chi connectivity index (χ4n) is 2.26. The lowest BCUT2D eigenvalue weighted by Gasteiger charge is -2.27. The predicted molar refractivity (Wildman–Crippen MR) is 63.2 cm³/mol. The van der Waals surface area contributed by atoms with E-state index in [2.05, 4.69) is 22.2 Å². The Morgan fingerprint density at radius 3 is 3.06 bits per heavy atom. The van der Waals surface area contributed by atoms with Crippen molar-refractivity contribution in [3.8, 4) is 0 Å². The molecule has 1 saturated heterocycles. The first kappa shape index (κ1) is 11.6. The molecule has 16 heavy (non-hydrogen) atoms. The van der Waals surface area contributed by atoms with Gasteiger partial charge in [-0.2, -0.15) is 0 Å². The van der Waals surface area contributed by atoms with Crippen LogP contribution in [0.5, 0.6) is 0 Å². The Bertz CT molecular complexity index is 318. The van der Waals surface area contributed by atoms with Crippen molar-refractivity contribution in [2.75, 3.05) is 20.1 Å². The average Bonchev–Trinajstić information content (AvgIpc) is 2.66. The van der Waals surface area contributed by atoms with E-state index in [1.165, 1.54) is 32.2 Å². The summed E-state index contributed by atoms with van der Waals surface area (Å²) in [6.45, 7) is 5.10. The highest BCUT2D eigenvalue weighted by molar-refractivity contribution is 5.04. The Labute approximate surface area is 97.0 Å². The number of aryl methyl sites for hydroxylation is 1. The molecule has 0 saturated carbocycles. The topological polar surface area (TPSA) is 41.3 Å². The molecular formula is C12H21N3O. The third kappa shape index (κ3) is 3.06. The molecule has 1 aromatic heterocycles. The van der Waals surface area contributed by atoms with Crippen LogP contribution in [0.15, 0.2) is 10.8 Å². The first-order valence-electron chi connectivity index (χ1n) is 6.06. The molecule has 0 aliphatic carbocycles. The van der Waals surface area contributed by atoms with Crippen LogP contribution in [0, 0.1) is 6.92 Å². The second kappa shape index (κ2) is 5.46. The largest absolute Gasteiger partial charge is 0.448 e. The molecule has 0 bridgehead atoms. The Morgan fingerprint density at radius 2 is 2.44 bits per heavy atom. The first-order valence-corrected chi connectivity index (χ1v) is 6.06. The minimum Gasteiger partial charge on any atom is -0.448 e. The molecule has 1 aromatic rings. The maximum absolute atomic E-state index is 5.20. The van der Waals surface area contributed by atoms with Gasteiger partial charge in [-0.1, -0.05) is 6.42 Å². The summed E-state index contributed by atoms with van der Waals surface area (Å²) >= 11 is 0.